The van der Waals surface area contributed by atoms with Crippen molar-refractivity contribution >= 4 is 34.0 Å². The van der Waals surface area contributed by atoms with Crippen LogP contribution >= 0.6 is 0 Å². The summed E-state index contributed by atoms with van der Waals surface area (Å²) in [6.45, 7) is 4.32. The predicted molar refractivity (Wildman–Crippen MR) is 127 cm³/mol. The molecule has 0 radical (unpaired) electrons. The van der Waals surface area contributed by atoms with Crippen molar-refractivity contribution in [3.05, 3.63) is 60.7 Å². The standard InChI is InChI=1S/C24H25N7O/c1-15-6-8-31(9-7-15)22-5-3-19(14-27-22)28-24(32)23-20-11-16(2-4-21(20)29-30-23)17-10-18(25)13-26-12-17/h2-5,10-15H,6-9,25H2,1H3,(H,28,32)(H,29,30). The third-order valence-corrected chi connectivity index (χ3v) is 5.98. The highest BCUT2D eigenvalue weighted by molar-refractivity contribution is 6.11. The van der Waals surface area contributed by atoms with Crippen LogP contribution in [0, 0.1) is 5.92 Å². The number of nitrogen functional groups attached to an aromatic ring is 1. The molecule has 1 aliphatic heterocycles. The quantitative estimate of drug-likeness (QED) is 0.452. The number of aromatic nitrogens is 4. The van der Waals surface area contributed by atoms with Gasteiger partial charge in [-0.3, -0.25) is 14.9 Å². The van der Waals surface area contributed by atoms with E-state index >= 15 is 0 Å². The second kappa shape index (κ2) is 8.30. The highest BCUT2D eigenvalue weighted by Crippen LogP contribution is 2.27. The van der Waals surface area contributed by atoms with Crippen LogP contribution in [-0.2, 0) is 0 Å². The van der Waals surface area contributed by atoms with E-state index in [0.29, 0.717) is 17.1 Å². The molecule has 0 aliphatic carbocycles. The SMILES string of the molecule is CC1CCN(c2ccc(NC(=O)c3n[nH]c4ccc(-c5cncc(N)c5)cc34)cn2)CC1. The number of nitrogens with two attached hydrogens (primary N) is 1. The van der Waals surface area contributed by atoms with Crippen LogP contribution in [0.1, 0.15) is 30.3 Å². The van der Waals surface area contributed by atoms with Gasteiger partial charge in [0.15, 0.2) is 5.69 Å². The van der Waals surface area contributed by atoms with Crippen molar-refractivity contribution < 1.29 is 4.79 Å². The van der Waals surface area contributed by atoms with E-state index in [1.54, 1.807) is 18.6 Å². The highest BCUT2D eigenvalue weighted by Gasteiger charge is 2.18. The van der Waals surface area contributed by atoms with E-state index in [-0.39, 0.29) is 5.91 Å². The number of benzene rings is 1. The first-order valence-corrected chi connectivity index (χ1v) is 10.8. The van der Waals surface area contributed by atoms with Crippen LogP contribution in [0.5, 0.6) is 0 Å². The smallest absolute Gasteiger partial charge is 0.276 e. The lowest BCUT2D eigenvalue weighted by molar-refractivity contribution is 0.102. The van der Waals surface area contributed by atoms with Crippen LogP contribution in [0.2, 0.25) is 0 Å². The molecule has 0 unspecified atom stereocenters. The van der Waals surface area contributed by atoms with Crippen LogP contribution < -0.4 is 16.0 Å². The number of fused-ring (bicyclic) bond motifs is 1. The summed E-state index contributed by atoms with van der Waals surface area (Å²) in [6.07, 6.45) is 7.40. The number of pyridine rings is 2. The lowest BCUT2D eigenvalue weighted by Crippen LogP contribution is -2.33. The molecular formula is C24H25N7O. The maximum Gasteiger partial charge on any atom is 0.276 e. The van der Waals surface area contributed by atoms with E-state index in [1.165, 1.54) is 12.8 Å². The van der Waals surface area contributed by atoms with Crippen molar-refractivity contribution in [2.24, 2.45) is 5.92 Å². The minimum Gasteiger partial charge on any atom is -0.397 e. The Balaban J connectivity index is 1.35. The molecule has 0 bridgehead atoms. The summed E-state index contributed by atoms with van der Waals surface area (Å²) in [7, 11) is 0. The van der Waals surface area contributed by atoms with Gasteiger partial charge in [-0.25, -0.2) is 4.98 Å². The van der Waals surface area contributed by atoms with Crippen molar-refractivity contribution in [1.82, 2.24) is 20.2 Å². The summed E-state index contributed by atoms with van der Waals surface area (Å²) < 4.78 is 0. The molecule has 162 valence electrons. The van der Waals surface area contributed by atoms with E-state index in [9.17, 15) is 4.79 Å². The maximum atomic E-state index is 12.9. The second-order valence-electron chi connectivity index (χ2n) is 8.37. The van der Waals surface area contributed by atoms with Gasteiger partial charge in [0.1, 0.15) is 5.82 Å². The number of piperidine rings is 1. The molecule has 8 heteroatoms. The number of rotatable bonds is 4. The normalized spacial score (nSPS) is 14.6. The van der Waals surface area contributed by atoms with E-state index in [0.717, 1.165) is 46.9 Å². The van der Waals surface area contributed by atoms with Gasteiger partial charge in [-0.15, -0.1) is 0 Å². The van der Waals surface area contributed by atoms with Gasteiger partial charge in [0.2, 0.25) is 0 Å². The number of hydrogen-bond acceptors (Lipinski definition) is 6. The molecule has 1 saturated heterocycles. The molecule has 0 saturated carbocycles. The van der Waals surface area contributed by atoms with Crippen LogP contribution in [0.15, 0.2) is 55.0 Å². The molecule has 3 aromatic heterocycles. The Morgan fingerprint density at radius 1 is 1.09 bits per heavy atom. The highest BCUT2D eigenvalue weighted by atomic mass is 16.1. The molecule has 4 heterocycles. The first-order chi connectivity index (χ1) is 15.6. The molecule has 1 aliphatic rings. The average Bonchev–Trinajstić information content (AvgIpc) is 3.24. The minimum atomic E-state index is -0.291. The fourth-order valence-electron chi connectivity index (χ4n) is 4.06. The number of carbonyl (C=O) groups is 1. The number of nitrogens with zero attached hydrogens (tertiary/aromatic N) is 4. The first-order valence-electron chi connectivity index (χ1n) is 10.8. The Kier molecular flexibility index (Phi) is 5.18. The van der Waals surface area contributed by atoms with Gasteiger partial charge in [0.05, 0.1) is 23.1 Å². The monoisotopic (exact) mass is 427 g/mol. The summed E-state index contributed by atoms with van der Waals surface area (Å²) in [6, 6.07) is 11.5. The second-order valence-corrected chi connectivity index (χ2v) is 8.37. The van der Waals surface area contributed by atoms with Crippen molar-refractivity contribution in [1.29, 1.82) is 0 Å². The fraction of sp³-hybridized carbons (Fsp3) is 0.250. The largest absolute Gasteiger partial charge is 0.397 e. The van der Waals surface area contributed by atoms with E-state index in [2.05, 4.69) is 37.3 Å². The predicted octanol–water partition coefficient (Wildman–Crippen LogP) is 4.09. The topological polar surface area (TPSA) is 113 Å². The van der Waals surface area contributed by atoms with Gasteiger partial charge < -0.3 is 16.0 Å². The number of aromatic amines is 1. The van der Waals surface area contributed by atoms with E-state index < -0.39 is 0 Å². The average molecular weight is 428 g/mol. The van der Waals surface area contributed by atoms with Crippen LogP contribution in [0.4, 0.5) is 17.2 Å². The molecule has 1 amide bonds. The lowest BCUT2D eigenvalue weighted by atomic mass is 9.99. The zero-order chi connectivity index (χ0) is 22.1. The Morgan fingerprint density at radius 3 is 2.69 bits per heavy atom. The van der Waals surface area contributed by atoms with Gasteiger partial charge in [0, 0.05) is 36.4 Å². The molecule has 0 spiro atoms. The fourth-order valence-corrected chi connectivity index (χ4v) is 4.06. The number of amides is 1. The molecule has 8 nitrogen and oxygen atoms in total. The van der Waals surface area contributed by atoms with Crippen molar-refractivity contribution in [3.63, 3.8) is 0 Å². The number of carbonyl (C=O) groups excluding carboxylic acids is 1. The Bertz CT molecular complexity index is 1260. The molecule has 5 rings (SSSR count). The lowest BCUT2D eigenvalue weighted by Gasteiger charge is -2.31. The van der Waals surface area contributed by atoms with Crippen LogP contribution in [0.3, 0.4) is 0 Å². The third-order valence-electron chi connectivity index (χ3n) is 5.98. The molecule has 4 aromatic rings. The molecule has 1 fully saturated rings. The van der Waals surface area contributed by atoms with Gasteiger partial charge >= 0.3 is 0 Å². The van der Waals surface area contributed by atoms with Crippen molar-refractivity contribution in [2.45, 2.75) is 19.8 Å². The Labute approximate surface area is 185 Å². The number of H-pyrrole nitrogens is 1. The van der Waals surface area contributed by atoms with Gasteiger partial charge in [-0.1, -0.05) is 13.0 Å². The minimum absolute atomic E-state index is 0.291. The zero-order valence-corrected chi connectivity index (χ0v) is 17.9. The summed E-state index contributed by atoms with van der Waals surface area (Å²) >= 11 is 0. The van der Waals surface area contributed by atoms with Gasteiger partial charge in [-0.05, 0) is 54.7 Å². The number of hydrogen-bond donors (Lipinski definition) is 3. The molecule has 0 atom stereocenters. The Morgan fingerprint density at radius 2 is 1.94 bits per heavy atom. The third kappa shape index (κ3) is 3.99. The van der Waals surface area contributed by atoms with Crippen molar-refractivity contribution in [2.75, 3.05) is 29.0 Å². The zero-order valence-electron chi connectivity index (χ0n) is 17.9. The summed E-state index contributed by atoms with van der Waals surface area (Å²) in [5.41, 5.74) is 9.98. The molecule has 1 aromatic carbocycles. The maximum absolute atomic E-state index is 12.9. The van der Waals surface area contributed by atoms with Crippen LogP contribution in [0.25, 0.3) is 22.0 Å². The molecule has 4 N–H and O–H groups in total. The summed E-state index contributed by atoms with van der Waals surface area (Å²) in [5, 5.41) is 10.8. The van der Waals surface area contributed by atoms with Gasteiger partial charge in [0.25, 0.3) is 5.91 Å². The first kappa shape index (κ1) is 20.0. The summed E-state index contributed by atoms with van der Waals surface area (Å²) in [4.78, 5) is 23.9. The number of nitrogens with one attached hydrogen (secondary N) is 2. The Hall–Kier alpha value is -3.94. The summed E-state index contributed by atoms with van der Waals surface area (Å²) in [5.74, 6) is 1.42. The molecule has 32 heavy (non-hydrogen) atoms. The number of anilines is 3. The van der Waals surface area contributed by atoms with E-state index in [1.807, 2.05) is 36.4 Å². The molecular weight excluding hydrogens is 402 g/mol. The van der Waals surface area contributed by atoms with Crippen LogP contribution in [-0.4, -0.2) is 39.2 Å². The van der Waals surface area contributed by atoms with Gasteiger partial charge in [-0.2, -0.15) is 5.10 Å². The van der Waals surface area contributed by atoms with E-state index in [4.69, 9.17) is 5.73 Å². The van der Waals surface area contributed by atoms with Crippen molar-refractivity contribution in [3.8, 4) is 11.1 Å².